The lowest BCUT2D eigenvalue weighted by Gasteiger charge is -2.30. The van der Waals surface area contributed by atoms with Crippen molar-refractivity contribution in [2.24, 2.45) is 4.99 Å². The lowest BCUT2D eigenvalue weighted by atomic mass is 9.95. The van der Waals surface area contributed by atoms with Gasteiger partial charge >= 0.3 is 0 Å². The average Bonchev–Trinajstić information content (AvgIpc) is 2.78. The van der Waals surface area contributed by atoms with E-state index in [1.54, 1.807) is 6.07 Å². The Labute approximate surface area is 205 Å². The summed E-state index contributed by atoms with van der Waals surface area (Å²) in [6, 6.07) is 5.65. The molecule has 1 aromatic rings. The summed E-state index contributed by atoms with van der Waals surface area (Å²) in [4.78, 5) is 6.69. The van der Waals surface area contributed by atoms with Crippen molar-refractivity contribution in [1.29, 1.82) is 0 Å². The van der Waals surface area contributed by atoms with Gasteiger partial charge in [0.1, 0.15) is 5.82 Å². The van der Waals surface area contributed by atoms with E-state index >= 15 is 0 Å². The zero-order valence-corrected chi connectivity index (χ0v) is 21.7. The number of halogens is 2. The molecule has 3 rings (SSSR count). The van der Waals surface area contributed by atoms with Crippen molar-refractivity contribution in [2.45, 2.75) is 57.4 Å². The minimum atomic E-state index is -0.747. The monoisotopic (exact) mass is 566 g/mol. The fraction of sp³-hybridized carbons (Fsp3) is 0.682. The fourth-order valence-electron chi connectivity index (χ4n) is 4.14. The van der Waals surface area contributed by atoms with Gasteiger partial charge in [-0.2, -0.15) is 0 Å². The Kier molecular flexibility index (Phi) is 11.5. The van der Waals surface area contributed by atoms with Crippen LogP contribution in [0, 0.1) is 5.82 Å². The Morgan fingerprint density at radius 1 is 1.29 bits per heavy atom. The first kappa shape index (κ1) is 26.3. The van der Waals surface area contributed by atoms with Crippen LogP contribution in [0.5, 0.6) is 0 Å². The maximum Gasteiger partial charge on any atom is 0.191 e. The highest BCUT2D eigenvalue weighted by atomic mass is 127. The average molecular weight is 567 g/mol. The molecule has 6 nitrogen and oxygen atoms in total. The van der Waals surface area contributed by atoms with E-state index in [1.807, 2.05) is 30.9 Å². The molecule has 0 radical (unpaired) electrons. The maximum atomic E-state index is 14.6. The van der Waals surface area contributed by atoms with Crippen LogP contribution in [0.15, 0.2) is 23.2 Å². The van der Waals surface area contributed by atoms with Crippen LogP contribution in [0.4, 0.5) is 10.1 Å². The molecule has 3 atom stereocenters. The van der Waals surface area contributed by atoms with Crippen LogP contribution in [0.1, 0.15) is 45.1 Å². The van der Waals surface area contributed by atoms with Gasteiger partial charge in [-0.1, -0.05) is 19.4 Å². The highest BCUT2D eigenvalue weighted by Gasteiger charge is 2.26. The van der Waals surface area contributed by atoms with Gasteiger partial charge in [0.05, 0.1) is 25.4 Å². The molecule has 1 saturated heterocycles. The van der Waals surface area contributed by atoms with E-state index in [0.29, 0.717) is 38.5 Å². The largest absolute Gasteiger partial charge is 0.378 e. The van der Waals surface area contributed by atoms with Crippen LogP contribution in [-0.2, 0) is 22.1 Å². The van der Waals surface area contributed by atoms with Crippen molar-refractivity contribution in [2.75, 3.05) is 43.5 Å². The molecule has 0 bridgehead atoms. The third kappa shape index (κ3) is 7.85. The lowest BCUT2D eigenvalue weighted by Crippen LogP contribution is -2.46. The zero-order chi connectivity index (χ0) is 21.3. The third-order valence-corrected chi connectivity index (χ3v) is 7.49. The van der Waals surface area contributed by atoms with Crippen molar-refractivity contribution in [1.82, 2.24) is 10.6 Å². The summed E-state index contributed by atoms with van der Waals surface area (Å²) < 4.78 is 32.2. The first-order chi connectivity index (χ1) is 14.6. The molecular formula is C22H36FIN4O2S. The second-order valence-electron chi connectivity index (χ2n) is 7.88. The molecule has 2 N–H and O–H groups in total. The van der Waals surface area contributed by atoms with Crippen molar-refractivity contribution in [3.63, 3.8) is 0 Å². The lowest BCUT2D eigenvalue weighted by molar-refractivity contribution is 0.122. The molecule has 1 aromatic carbocycles. The summed E-state index contributed by atoms with van der Waals surface area (Å²) in [5.41, 5.74) is 1.48. The normalized spacial score (nSPS) is 23.1. The molecule has 0 aromatic heterocycles. The number of guanidine groups is 1. The molecular weight excluding hydrogens is 530 g/mol. The standard InChI is InChI=1S/C22H35FN4O2S.HI/c1-3-24-22(26-18-6-5-7-19(15-18)30(28)4-2)25-16-17-8-9-21(20(23)14-17)27-10-12-29-13-11-27;/h8-9,14,18-19H,3-7,10-13,15-16H2,1-2H3,(H2,24,25,26);1H. The Morgan fingerprint density at radius 2 is 2.06 bits per heavy atom. The van der Waals surface area contributed by atoms with E-state index in [9.17, 15) is 8.60 Å². The van der Waals surface area contributed by atoms with Gasteiger partial charge < -0.3 is 20.3 Å². The predicted molar refractivity (Wildman–Crippen MR) is 138 cm³/mol. The van der Waals surface area contributed by atoms with Crippen LogP contribution < -0.4 is 15.5 Å². The van der Waals surface area contributed by atoms with Crippen LogP contribution in [0.2, 0.25) is 0 Å². The highest BCUT2D eigenvalue weighted by Crippen LogP contribution is 2.24. The number of hydrogen-bond donors (Lipinski definition) is 2. The zero-order valence-electron chi connectivity index (χ0n) is 18.6. The Morgan fingerprint density at radius 3 is 2.74 bits per heavy atom. The van der Waals surface area contributed by atoms with Gasteiger partial charge in [-0.3, -0.25) is 4.21 Å². The smallest absolute Gasteiger partial charge is 0.191 e. The molecule has 0 spiro atoms. The Bertz CT molecular complexity index is 746. The number of aliphatic imine (C=N–C) groups is 1. The molecule has 1 saturated carbocycles. The fourth-order valence-corrected chi connectivity index (χ4v) is 5.49. The van der Waals surface area contributed by atoms with Crippen molar-refractivity contribution >= 4 is 46.4 Å². The number of hydrogen-bond acceptors (Lipinski definition) is 4. The van der Waals surface area contributed by atoms with Crippen molar-refractivity contribution in [3.8, 4) is 0 Å². The topological polar surface area (TPSA) is 66.0 Å². The molecule has 1 heterocycles. The molecule has 0 amide bonds. The number of morpholine rings is 1. The van der Waals surface area contributed by atoms with E-state index in [1.165, 1.54) is 0 Å². The predicted octanol–water partition coefficient (Wildman–Crippen LogP) is 3.42. The molecule has 2 fully saturated rings. The van der Waals surface area contributed by atoms with E-state index in [0.717, 1.165) is 49.5 Å². The summed E-state index contributed by atoms with van der Waals surface area (Å²) in [5.74, 6) is 1.25. The molecule has 1 aliphatic carbocycles. The molecule has 1 aliphatic heterocycles. The maximum absolute atomic E-state index is 14.6. The second-order valence-corrected chi connectivity index (χ2v) is 9.89. The molecule has 31 heavy (non-hydrogen) atoms. The Hall–Kier alpha value is -0.940. The minimum Gasteiger partial charge on any atom is -0.378 e. The van der Waals surface area contributed by atoms with Crippen molar-refractivity contribution in [3.05, 3.63) is 29.6 Å². The van der Waals surface area contributed by atoms with E-state index in [4.69, 9.17) is 4.74 Å². The number of anilines is 1. The van der Waals surface area contributed by atoms with Gasteiger partial charge in [0, 0.05) is 47.5 Å². The van der Waals surface area contributed by atoms with Gasteiger partial charge in [0.2, 0.25) is 0 Å². The number of nitrogens with zero attached hydrogens (tertiary/aromatic N) is 2. The van der Waals surface area contributed by atoms with Gasteiger partial charge in [-0.05, 0) is 43.9 Å². The van der Waals surface area contributed by atoms with Gasteiger partial charge in [-0.15, -0.1) is 24.0 Å². The molecule has 9 heteroatoms. The third-order valence-electron chi connectivity index (χ3n) is 5.75. The summed E-state index contributed by atoms with van der Waals surface area (Å²) in [6.45, 7) is 7.89. The van der Waals surface area contributed by atoms with Crippen LogP contribution >= 0.6 is 24.0 Å². The highest BCUT2D eigenvalue weighted by molar-refractivity contribution is 14.0. The van der Waals surface area contributed by atoms with E-state index in [2.05, 4.69) is 15.6 Å². The van der Waals surface area contributed by atoms with Gasteiger partial charge in [-0.25, -0.2) is 9.38 Å². The summed E-state index contributed by atoms with van der Waals surface area (Å²) in [5, 5.41) is 7.05. The van der Waals surface area contributed by atoms with Crippen LogP contribution in [-0.4, -0.2) is 60.1 Å². The summed E-state index contributed by atoms with van der Waals surface area (Å²) in [6.07, 6.45) is 4.10. The van der Waals surface area contributed by atoms with Gasteiger partial charge in [0.15, 0.2) is 5.96 Å². The first-order valence-corrected chi connectivity index (χ1v) is 12.5. The molecule has 176 valence electrons. The number of benzene rings is 1. The molecule has 3 unspecified atom stereocenters. The minimum absolute atomic E-state index is 0. The SMILES string of the molecule is CCNC(=NCc1ccc(N2CCOCC2)c(F)c1)NC1CCCC(S(=O)CC)C1.I. The summed E-state index contributed by atoms with van der Waals surface area (Å²) in [7, 11) is -0.747. The number of ether oxygens (including phenoxy) is 1. The van der Waals surface area contributed by atoms with Crippen LogP contribution in [0.3, 0.4) is 0 Å². The van der Waals surface area contributed by atoms with Crippen molar-refractivity contribution < 1.29 is 13.3 Å². The first-order valence-electron chi connectivity index (χ1n) is 11.1. The Balaban J connectivity index is 0.00000341. The van der Waals surface area contributed by atoms with Gasteiger partial charge in [0.25, 0.3) is 0 Å². The summed E-state index contributed by atoms with van der Waals surface area (Å²) >= 11 is 0. The number of nitrogens with one attached hydrogen (secondary N) is 2. The van der Waals surface area contributed by atoms with Crippen LogP contribution in [0.25, 0.3) is 0 Å². The second kappa shape index (κ2) is 13.6. The number of rotatable bonds is 7. The quantitative estimate of drug-likeness (QED) is 0.301. The molecule has 2 aliphatic rings. The van der Waals surface area contributed by atoms with E-state index in [-0.39, 0.29) is 41.1 Å². The van der Waals surface area contributed by atoms with E-state index < -0.39 is 10.8 Å².